The predicted molar refractivity (Wildman–Crippen MR) is 85.6 cm³/mol. The Kier molecular flexibility index (Phi) is 5.62. The van der Waals surface area contributed by atoms with Crippen molar-refractivity contribution in [2.75, 3.05) is 19.8 Å². The fourth-order valence-electron chi connectivity index (χ4n) is 2.98. The van der Waals surface area contributed by atoms with Gasteiger partial charge in [-0.1, -0.05) is 30.3 Å². The van der Waals surface area contributed by atoms with Crippen molar-refractivity contribution in [1.29, 1.82) is 0 Å². The van der Waals surface area contributed by atoms with Crippen LogP contribution in [0, 0.1) is 5.92 Å². The van der Waals surface area contributed by atoms with Crippen LogP contribution < -0.4 is 5.32 Å². The van der Waals surface area contributed by atoms with Gasteiger partial charge in [-0.15, -0.1) is 0 Å². The number of hydrogen-bond donors (Lipinski definition) is 1. The molecule has 1 aromatic heterocycles. The molecule has 4 heteroatoms. The quantitative estimate of drug-likeness (QED) is 0.759. The SMILES string of the molecule is c1ccc(CC(NCCCC2CCOC2)c2ncco2)cc1. The van der Waals surface area contributed by atoms with Gasteiger partial charge in [0.15, 0.2) is 0 Å². The van der Waals surface area contributed by atoms with Gasteiger partial charge in [-0.05, 0) is 43.7 Å². The summed E-state index contributed by atoms with van der Waals surface area (Å²) in [5.41, 5.74) is 1.29. The summed E-state index contributed by atoms with van der Waals surface area (Å²) < 4.78 is 10.9. The van der Waals surface area contributed by atoms with Crippen molar-refractivity contribution in [2.45, 2.75) is 31.7 Å². The highest BCUT2D eigenvalue weighted by atomic mass is 16.5. The molecule has 0 aliphatic carbocycles. The minimum atomic E-state index is 0.136. The Morgan fingerprint density at radius 1 is 1.27 bits per heavy atom. The summed E-state index contributed by atoms with van der Waals surface area (Å²) in [6, 6.07) is 10.6. The van der Waals surface area contributed by atoms with Gasteiger partial charge in [0.05, 0.1) is 12.2 Å². The number of hydrogen-bond acceptors (Lipinski definition) is 4. The number of rotatable bonds is 8. The van der Waals surface area contributed by atoms with Crippen LogP contribution in [0.15, 0.2) is 47.2 Å². The van der Waals surface area contributed by atoms with E-state index in [1.165, 1.54) is 24.8 Å². The summed E-state index contributed by atoms with van der Waals surface area (Å²) in [7, 11) is 0. The topological polar surface area (TPSA) is 47.3 Å². The van der Waals surface area contributed by atoms with Crippen LogP contribution in [0.3, 0.4) is 0 Å². The highest BCUT2D eigenvalue weighted by molar-refractivity contribution is 5.17. The van der Waals surface area contributed by atoms with Crippen LogP contribution in [0.1, 0.15) is 36.8 Å². The van der Waals surface area contributed by atoms with Crippen molar-refractivity contribution in [3.63, 3.8) is 0 Å². The highest BCUT2D eigenvalue weighted by Gasteiger charge is 2.18. The van der Waals surface area contributed by atoms with Crippen molar-refractivity contribution in [3.05, 3.63) is 54.2 Å². The second-order valence-electron chi connectivity index (χ2n) is 5.94. The summed E-state index contributed by atoms with van der Waals surface area (Å²) in [5, 5.41) is 3.60. The van der Waals surface area contributed by atoms with Crippen molar-refractivity contribution in [3.8, 4) is 0 Å². The smallest absolute Gasteiger partial charge is 0.211 e. The van der Waals surface area contributed by atoms with E-state index in [-0.39, 0.29) is 6.04 Å². The molecule has 22 heavy (non-hydrogen) atoms. The second-order valence-corrected chi connectivity index (χ2v) is 5.94. The first-order valence-electron chi connectivity index (χ1n) is 8.16. The van der Waals surface area contributed by atoms with Crippen molar-refractivity contribution < 1.29 is 9.15 Å². The molecule has 1 N–H and O–H groups in total. The maximum Gasteiger partial charge on any atom is 0.211 e. The van der Waals surface area contributed by atoms with Crippen molar-refractivity contribution >= 4 is 0 Å². The van der Waals surface area contributed by atoms with Gasteiger partial charge < -0.3 is 14.5 Å². The predicted octanol–water partition coefficient (Wildman–Crippen LogP) is 3.36. The Morgan fingerprint density at radius 2 is 2.18 bits per heavy atom. The third-order valence-corrected chi connectivity index (χ3v) is 4.24. The van der Waals surface area contributed by atoms with E-state index in [1.54, 1.807) is 12.5 Å². The molecule has 1 aliphatic rings. The molecule has 2 aromatic rings. The molecule has 0 amide bonds. The van der Waals surface area contributed by atoms with Gasteiger partial charge in [-0.2, -0.15) is 0 Å². The van der Waals surface area contributed by atoms with E-state index in [9.17, 15) is 0 Å². The first-order chi connectivity index (χ1) is 10.9. The van der Waals surface area contributed by atoms with Crippen molar-refractivity contribution in [2.24, 2.45) is 5.92 Å². The Hall–Kier alpha value is -1.65. The largest absolute Gasteiger partial charge is 0.447 e. The average Bonchev–Trinajstić information content (AvgIpc) is 3.24. The van der Waals surface area contributed by atoms with E-state index >= 15 is 0 Å². The van der Waals surface area contributed by atoms with Crippen LogP contribution in [0.25, 0.3) is 0 Å². The fourth-order valence-corrected chi connectivity index (χ4v) is 2.98. The number of aromatic nitrogens is 1. The standard InChI is InChI=1S/C18H24N2O2/c1-2-5-15(6-3-1)13-17(18-20-10-12-22-18)19-9-4-7-16-8-11-21-14-16/h1-3,5-6,10,12,16-17,19H,4,7-9,11,13-14H2. The summed E-state index contributed by atoms with van der Waals surface area (Å²) >= 11 is 0. The van der Waals surface area contributed by atoms with Gasteiger partial charge in [-0.3, -0.25) is 0 Å². The zero-order valence-corrected chi connectivity index (χ0v) is 12.9. The third kappa shape index (κ3) is 4.42. The lowest BCUT2D eigenvalue weighted by atomic mass is 10.0. The third-order valence-electron chi connectivity index (χ3n) is 4.24. The van der Waals surface area contributed by atoms with Gasteiger partial charge in [0, 0.05) is 13.2 Å². The fraction of sp³-hybridized carbons (Fsp3) is 0.500. The van der Waals surface area contributed by atoms with Gasteiger partial charge in [-0.25, -0.2) is 4.98 Å². The molecule has 1 saturated heterocycles. The summed E-state index contributed by atoms with van der Waals surface area (Å²) in [6.45, 7) is 2.86. The molecule has 0 radical (unpaired) electrons. The molecule has 118 valence electrons. The van der Waals surface area contributed by atoms with Gasteiger partial charge in [0.25, 0.3) is 0 Å². The van der Waals surface area contributed by atoms with Gasteiger partial charge in [0.2, 0.25) is 5.89 Å². The molecule has 2 atom stereocenters. The maximum absolute atomic E-state index is 5.50. The molecule has 1 aliphatic heterocycles. The molecular weight excluding hydrogens is 276 g/mol. The Morgan fingerprint density at radius 3 is 2.91 bits per heavy atom. The lowest BCUT2D eigenvalue weighted by Gasteiger charge is -2.16. The van der Waals surface area contributed by atoms with Crippen molar-refractivity contribution in [1.82, 2.24) is 10.3 Å². The number of benzene rings is 1. The van der Waals surface area contributed by atoms with Gasteiger partial charge in [0.1, 0.15) is 6.26 Å². The van der Waals surface area contributed by atoms with E-state index in [4.69, 9.17) is 9.15 Å². The van der Waals surface area contributed by atoms with Crippen LogP contribution in [-0.2, 0) is 11.2 Å². The first kappa shape index (κ1) is 15.3. The average molecular weight is 300 g/mol. The number of nitrogens with one attached hydrogen (secondary N) is 1. The number of ether oxygens (including phenoxy) is 1. The Balaban J connectivity index is 1.50. The van der Waals surface area contributed by atoms with Crippen LogP contribution in [-0.4, -0.2) is 24.7 Å². The van der Waals surface area contributed by atoms with E-state index in [0.29, 0.717) is 0 Å². The number of nitrogens with zero attached hydrogens (tertiary/aromatic N) is 1. The van der Waals surface area contributed by atoms with Gasteiger partial charge >= 0.3 is 0 Å². The molecule has 2 heterocycles. The molecular formula is C18H24N2O2. The molecule has 0 saturated carbocycles. The molecule has 4 nitrogen and oxygen atoms in total. The lowest BCUT2D eigenvalue weighted by Crippen LogP contribution is -2.25. The Labute approximate surface area is 131 Å². The summed E-state index contributed by atoms with van der Waals surface area (Å²) in [6.07, 6.45) is 7.87. The van der Waals surface area contributed by atoms with E-state index in [1.807, 2.05) is 6.07 Å². The van der Waals surface area contributed by atoms with E-state index < -0.39 is 0 Å². The van der Waals surface area contributed by atoms with E-state index in [2.05, 4.69) is 34.6 Å². The molecule has 2 unspecified atom stereocenters. The lowest BCUT2D eigenvalue weighted by molar-refractivity contribution is 0.183. The van der Waals surface area contributed by atoms with Crippen LogP contribution in [0.4, 0.5) is 0 Å². The zero-order chi connectivity index (χ0) is 15.0. The first-order valence-corrected chi connectivity index (χ1v) is 8.16. The zero-order valence-electron chi connectivity index (χ0n) is 12.9. The molecule has 0 bridgehead atoms. The van der Waals surface area contributed by atoms with Crippen LogP contribution in [0.2, 0.25) is 0 Å². The summed E-state index contributed by atoms with van der Waals surface area (Å²) in [4.78, 5) is 4.32. The van der Waals surface area contributed by atoms with Crippen LogP contribution in [0.5, 0.6) is 0 Å². The molecule has 1 fully saturated rings. The second kappa shape index (κ2) is 8.11. The maximum atomic E-state index is 5.50. The minimum Gasteiger partial charge on any atom is -0.447 e. The molecule has 0 spiro atoms. The highest BCUT2D eigenvalue weighted by Crippen LogP contribution is 2.19. The normalized spacial score (nSPS) is 19.4. The minimum absolute atomic E-state index is 0.136. The monoisotopic (exact) mass is 300 g/mol. The molecule has 3 rings (SSSR count). The van der Waals surface area contributed by atoms with E-state index in [0.717, 1.165) is 38.0 Å². The van der Waals surface area contributed by atoms with Crippen LogP contribution >= 0.6 is 0 Å². The summed E-state index contributed by atoms with van der Waals surface area (Å²) in [5.74, 6) is 1.52. The number of oxazole rings is 1. The Bertz CT molecular complexity index is 521. The molecule has 1 aromatic carbocycles.